The molecule has 0 saturated heterocycles. The molecule has 0 spiro atoms. The van der Waals surface area contributed by atoms with Crippen LogP contribution in [0, 0.1) is 0 Å². The molecule has 0 aliphatic heterocycles. The largest absolute Gasteiger partial charge is 0.383 e. The van der Waals surface area contributed by atoms with Gasteiger partial charge in [0.05, 0.1) is 18.8 Å². The van der Waals surface area contributed by atoms with Crippen LogP contribution in [0.2, 0.25) is 0 Å². The number of hydrogen-bond donors (Lipinski definition) is 1. The van der Waals surface area contributed by atoms with E-state index in [4.69, 9.17) is 10.5 Å². The molecule has 2 N–H and O–H groups in total. The van der Waals surface area contributed by atoms with Crippen molar-refractivity contribution in [2.45, 2.75) is 25.9 Å². The summed E-state index contributed by atoms with van der Waals surface area (Å²) >= 11 is 0. The van der Waals surface area contributed by atoms with Crippen LogP contribution < -0.4 is 5.73 Å². The molecular formula is C12H24N4O. The maximum absolute atomic E-state index is 5.90. The molecule has 0 aromatic carbocycles. The van der Waals surface area contributed by atoms with Crippen molar-refractivity contribution < 1.29 is 4.74 Å². The summed E-state index contributed by atoms with van der Waals surface area (Å²) in [6.07, 6.45) is 3.92. The van der Waals surface area contributed by atoms with E-state index in [1.165, 1.54) is 5.56 Å². The number of aryl methyl sites for hydroxylation is 1. The SMILES string of the molecule is COCCN(C(C)C)C(CN)c1cnn(C)c1. The third-order valence-electron chi connectivity index (χ3n) is 2.95. The summed E-state index contributed by atoms with van der Waals surface area (Å²) in [5.74, 6) is 0. The lowest BCUT2D eigenvalue weighted by Crippen LogP contribution is -2.40. The van der Waals surface area contributed by atoms with Gasteiger partial charge in [-0.05, 0) is 13.8 Å². The number of methoxy groups -OCH3 is 1. The first-order valence-electron chi connectivity index (χ1n) is 6.03. The maximum atomic E-state index is 5.90. The van der Waals surface area contributed by atoms with Gasteiger partial charge in [0, 0.05) is 45.0 Å². The van der Waals surface area contributed by atoms with Gasteiger partial charge in [-0.2, -0.15) is 5.10 Å². The Morgan fingerprint density at radius 1 is 1.53 bits per heavy atom. The lowest BCUT2D eigenvalue weighted by molar-refractivity contribution is 0.0979. The Bertz CT molecular complexity index is 324. The highest BCUT2D eigenvalue weighted by molar-refractivity contribution is 5.11. The fourth-order valence-electron chi connectivity index (χ4n) is 2.05. The first kappa shape index (κ1) is 14.2. The predicted octanol–water partition coefficient (Wildman–Crippen LogP) is 0.777. The zero-order chi connectivity index (χ0) is 12.8. The zero-order valence-electron chi connectivity index (χ0n) is 11.3. The van der Waals surface area contributed by atoms with E-state index in [1.54, 1.807) is 7.11 Å². The number of nitrogens with two attached hydrogens (primary N) is 1. The molecule has 1 heterocycles. The van der Waals surface area contributed by atoms with Gasteiger partial charge in [0.1, 0.15) is 0 Å². The molecule has 0 aliphatic carbocycles. The lowest BCUT2D eigenvalue weighted by atomic mass is 10.1. The van der Waals surface area contributed by atoms with Crippen molar-refractivity contribution in [2.24, 2.45) is 12.8 Å². The van der Waals surface area contributed by atoms with E-state index in [1.807, 2.05) is 24.1 Å². The van der Waals surface area contributed by atoms with E-state index in [0.29, 0.717) is 12.6 Å². The van der Waals surface area contributed by atoms with Crippen LogP contribution in [0.25, 0.3) is 0 Å². The molecule has 5 heteroatoms. The molecule has 0 radical (unpaired) electrons. The molecule has 1 aromatic rings. The summed E-state index contributed by atoms with van der Waals surface area (Å²) in [5.41, 5.74) is 7.07. The molecule has 0 aliphatic rings. The fourth-order valence-corrected chi connectivity index (χ4v) is 2.05. The molecule has 1 rings (SSSR count). The summed E-state index contributed by atoms with van der Waals surface area (Å²) < 4.78 is 6.97. The van der Waals surface area contributed by atoms with E-state index >= 15 is 0 Å². The Labute approximate surface area is 104 Å². The molecule has 1 atom stereocenters. The maximum Gasteiger partial charge on any atom is 0.0590 e. The van der Waals surface area contributed by atoms with Crippen LogP contribution in [-0.4, -0.2) is 47.5 Å². The summed E-state index contributed by atoms with van der Waals surface area (Å²) in [4.78, 5) is 2.35. The van der Waals surface area contributed by atoms with Crippen molar-refractivity contribution in [3.8, 4) is 0 Å². The molecule has 17 heavy (non-hydrogen) atoms. The van der Waals surface area contributed by atoms with Gasteiger partial charge in [-0.3, -0.25) is 9.58 Å². The second-order valence-electron chi connectivity index (χ2n) is 4.52. The standard InChI is InChI=1S/C12H24N4O/c1-10(2)16(5-6-17-4)12(7-13)11-8-14-15(3)9-11/h8-10,12H,5-7,13H2,1-4H3. The van der Waals surface area contributed by atoms with Crippen molar-refractivity contribution >= 4 is 0 Å². The van der Waals surface area contributed by atoms with Crippen molar-refractivity contribution in [1.82, 2.24) is 14.7 Å². The first-order valence-corrected chi connectivity index (χ1v) is 6.03. The van der Waals surface area contributed by atoms with Crippen LogP contribution in [0.4, 0.5) is 0 Å². The molecule has 98 valence electrons. The molecule has 0 amide bonds. The number of nitrogens with zero attached hydrogens (tertiary/aromatic N) is 3. The van der Waals surface area contributed by atoms with Gasteiger partial charge in [0.25, 0.3) is 0 Å². The third-order valence-corrected chi connectivity index (χ3v) is 2.95. The van der Waals surface area contributed by atoms with Crippen LogP contribution in [0.5, 0.6) is 0 Å². The summed E-state index contributed by atoms with van der Waals surface area (Å²) in [6.45, 7) is 6.54. The Morgan fingerprint density at radius 2 is 2.24 bits per heavy atom. The molecule has 0 bridgehead atoms. The normalized spacial score (nSPS) is 13.6. The van der Waals surface area contributed by atoms with Crippen LogP contribution in [0.1, 0.15) is 25.5 Å². The molecular weight excluding hydrogens is 216 g/mol. The van der Waals surface area contributed by atoms with Crippen LogP contribution in [-0.2, 0) is 11.8 Å². The second kappa shape index (κ2) is 6.74. The fraction of sp³-hybridized carbons (Fsp3) is 0.750. The van der Waals surface area contributed by atoms with Gasteiger partial charge < -0.3 is 10.5 Å². The molecule has 0 fully saturated rings. The van der Waals surface area contributed by atoms with Crippen molar-refractivity contribution in [3.63, 3.8) is 0 Å². The molecule has 1 unspecified atom stereocenters. The van der Waals surface area contributed by atoms with Crippen LogP contribution >= 0.6 is 0 Å². The van der Waals surface area contributed by atoms with Crippen molar-refractivity contribution in [2.75, 3.05) is 26.8 Å². The van der Waals surface area contributed by atoms with Gasteiger partial charge in [-0.1, -0.05) is 0 Å². The minimum Gasteiger partial charge on any atom is -0.383 e. The van der Waals surface area contributed by atoms with Crippen molar-refractivity contribution in [1.29, 1.82) is 0 Å². The highest BCUT2D eigenvalue weighted by atomic mass is 16.5. The van der Waals surface area contributed by atoms with E-state index in [-0.39, 0.29) is 6.04 Å². The molecule has 0 saturated carbocycles. The Kier molecular flexibility index (Phi) is 5.61. The number of rotatable bonds is 7. The lowest BCUT2D eigenvalue weighted by Gasteiger charge is -2.33. The summed E-state index contributed by atoms with van der Waals surface area (Å²) in [6, 6.07) is 0.637. The minimum atomic E-state index is 0.207. The topological polar surface area (TPSA) is 56.3 Å². The van der Waals surface area contributed by atoms with Gasteiger partial charge in [-0.15, -0.1) is 0 Å². The Hall–Kier alpha value is -0.910. The van der Waals surface area contributed by atoms with Gasteiger partial charge in [-0.25, -0.2) is 0 Å². The van der Waals surface area contributed by atoms with Gasteiger partial charge in [0.2, 0.25) is 0 Å². The average Bonchev–Trinajstić information content (AvgIpc) is 2.70. The van der Waals surface area contributed by atoms with E-state index < -0.39 is 0 Å². The van der Waals surface area contributed by atoms with Gasteiger partial charge in [0.15, 0.2) is 0 Å². The quantitative estimate of drug-likeness (QED) is 0.765. The average molecular weight is 240 g/mol. The van der Waals surface area contributed by atoms with Crippen molar-refractivity contribution in [3.05, 3.63) is 18.0 Å². The summed E-state index contributed by atoms with van der Waals surface area (Å²) in [7, 11) is 3.64. The highest BCUT2D eigenvalue weighted by Crippen LogP contribution is 2.21. The first-order chi connectivity index (χ1) is 8.10. The van der Waals surface area contributed by atoms with Crippen LogP contribution in [0.3, 0.4) is 0 Å². The smallest absolute Gasteiger partial charge is 0.0590 e. The highest BCUT2D eigenvalue weighted by Gasteiger charge is 2.22. The zero-order valence-corrected chi connectivity index (χ0v) is 11.3. The van der Waals surface area contributed by atoms with Gasteiger partial charge >= 0.3 is 0 Å². The Balaban J connectivity index is 2.81. The third kappa shape index (κ3) is 3.80. The number of hydrogen-bond acceptors (Lipinski definition) is 4. The second-order valence-corrected chi connectivity index (χ2v) is 4.52. The molecule has 5 nitrogen and oxygen atoms in total. The number of aromatic nitrogens is 2. The summed E-state index contributed by atoms with van der Waals surface area (Å²) in [5, 5.41) is 4.21. The minimum absolute atomic E-state index is 0.207. The predicted molar refractivity (Wildman–Crippen MR) is 68.7 cm³/mol. The van der Waals surface area contributed by atoms with E-state index in [2.05, 4.69) is 23.8 Å². The Morgan fingerprint density at radius 3 is 2.65 bits per heavy atom. The van der Waals surface area contributed by atoms with E-state index in [9.17, 15) is 0 Å². The van der Waals surface area contributed by atoms with E-state index in [0.717, 1.165) is 13.2 Å². The van der Waals surface area contributed by atoms with Crippen LogP contribution in [0.15, 0.2) is 12.4 Å². The molecule has 1 aromatic heterocycles. The monoisotopic (exact) mass is 240 g/mol. The number of ether oxygens (including phenoxy) is 1.